The maximum Gasteiger partial charge on any atom is 0.257 e. The lowest BCUT2D eigenvalue weighted by molar-refractivity contribution is 0.206. The van der Waals surface area contributed by atoms with E-state index in [4.69, 9.17) is 4.74 Å². The minimum atomic E-state index is 0.476. The van der Waals surface area contributed by atoms with Crippen LogP contribution in [0.1, 0.15) is 0 Å². The van der Waals surface area contributed by atoms with E-state index in [0.29, 0.717) is 31.0 Å². The number of hydrogen-bond donors (Lipinski definition) is 1. The lowest BCUT2D eigenvalue weighted by Crippen LogP contribution is -2.25. The van der Waals surface area contributed by atoms with Crippen LogP contribution in [0.25, 0.3) is 5.95 Å². The summed E-state index contributed by atoms with van der Waals surface area (Å²) >= 11 is 0. The molecule has 0 aliphatic carbocycles. The van der Waals surface area contributed by atoms with Crippen LogP contribution in [0.3, 0.4) is 0 Å². The fraction of sp³-hybridized carbons (Fsp3) is 0.455. The predicted molar refractivity (Wildman–Crippen MR) is 71.6 cm³/mol. The van der Waals surface area contributed by atoms with Gasteiger partial charge in [-0.1, -0.05) is 0 Å². The number of aromatic nitrogens is 5. The molecule has 0 unspecified atom stereocenters. The topological polar surface area (TPSA) is 81.0 Å². The van der Waals surface area contributed by atoms with Crippen LogP contribution in [0.4, 0.5) is 11.9 Å². The van der Waals surface area contributed by atoms with Crippen molar-refractivity contribution < 1.29 is 4.74 Å². The van der Waals surface area contributed by atoms with Crippen LogP contribution in [0, 0.1) is 0 Å². The zero-order chi connectivity index (χ0) is 13.7. The first-order valence-electron chi connectivity index (χ1n) is 5.88. The first-order valence-corrected chi connectivity index (χ1v) is 5.88. The molecule has 2 aromatic heterocycles. The Balaban J connectivity index is 2.31. The molecule has 0 aromatic carbocycles. The molecule has 2 aromatic rings. The summed E-state index contributed by atoms with van der Waals surface area (Å²) in [5, 5.41) is 7.04. The van der Waals surface area contributed by atoms with Crippen LogP contribution in [0.2, 0.25) is 0 Å². The van der Waals surface area contributed by atoms with Gasteiger partial charge in [0.25, 0.3) is 5.95 Å². The molecule has 0 fully saturated rings. The SMILES string of the molecule is CNc1nc(N(C)CCOC)nc(-n2cccn2)n1. The van der Waals surface area contributed by atoms with Crippen molar-refractivity contribution in [3.05, 3.63) is 18.5 Å². The van der Waals surface area contributed by atoms with Crippen molar-refractivity contribution in [3.8, 4) is 5.95 Å². The van der Waals surface area contributed by atoms with Gasteiger partial charge in [0.15, 0.2) is 0 Å². The molecule has 102 valence electrons. The Kier molecular flexibility index (Phi) is 4.24. The Hall–Kier alpha value is -2.22. The van der Waals surface area contributed by atoms with Crippen molar-refractivity contribution in [2.24, 2.45) is 0 Å². The van der Waals surface area contributed by atoms with Crippen molar-refractivity contribution in [1.29, 1.82) is 0 Å². The largest absolute Gasteiger partial charge is 0.383 e. The van der Waals surface area contributed by atoms with Crippen LogP contribution in [-0.4, -0.2) is 59.1 Å². The van der Waals surface area contributed by atoms with Crippen LogP contribution < -0.4 is 10.2 Å². The third-order valence-corrected chi connectivity index (χ3v) is 2.52. The molecule has 8 nitrogen and oxygen atoms in total. The fourth-order valence-electron chi connectivity index (χ4n) is 1.45. The molecule has 8 heteroatoms. The highest BCUT2D eigenvalue weighted by Crippen LogP contribution is 2.11. The Morgan fingerprint density at radius 2 is 2.21 bits per heavy atom. The number of hydrogen-bond acceptors (Lipinski definition) is 7. The molecular weight excluding hydrogens is 246 g/mol. The highest BCUT2D eigenvalue weighted by atomic mass is 16.5. The molecule has 1 N–H and O–H groups in total. The molecule has 19 heavy (non-hydrogen) atoms. The van der Waals surface area contributed by atoms with Gasteiger partial charge in [-0.3, -0.25) is 0 Å². The second-order valence-corrected chi connectivity index (χ2v) is 3.87. The zero-order valence-corrected chi connectivity index (χ0v) is 11.2. The number of anilines is 2. The molecule has 0 spiro atoms. The maximum absolute atomic E-state index is 5.05. The minimum absolute atomic E-state index is 0.476. The molecular formula is C11H17N7O. The first kappa shape index (κ1) is 13.2. The van der Waals surface area contributed by atoms with Crippen LogP contribution in [0.5, 0.6) is 0 Å². The second kappa shape index (κ2) is 6.10. The summed E-state index contributed by atoms with van der Waals surface area (Å²) in [5.74, 6) is 1.55. The van der Waals surface area contributed by atoms with Gasteiger partial charge < -0.3 is 15.0 Å². The molecule has 0 amide bonds. The zero-order valence-electron chi connectivity index (χ0n) is 11.2. The van der Waals surface area contributed by atoms with E-state index in [9.17, 15) is 0 Å². The fourth-order valence-corrected chi connectivity index (χ4v) is 1.45. The lowest BCUT2D eigenvalue weighted by atomic mass is 10.6. The molecule has 0 radical (unpaired) electrons. The molecule has 2 rings (SSSR count). The Morgan fingerprint density at radius 1 is 1.37 bits per heavy atom. The second-order valence-electron chi connectivity index (χ2n) is 3.87. The number of ether oxygens (including phenoxy) is 1. The van der Waals surface area contributed by atoms with E-state index in [1.807, 2.05) is 18.0 Å². The quantitative estimate of drug-likeness (QED) is 0.796. The van der Waals surface area contributed by atoms with Gasteiger partial charge in [-0.2, -0.15) is 20.1 Å². The smallest absolute Gasteiger partial charge is 0.257 e. The van der Waals surface area contributed by atoms with Gasteiger partial charge in [-0.15, -0.1) is 0 Å². The van der Waals surface area contributed by atoms with E-state index in [1.165, 1.54) is 0 Å². The normalized spacial score (nSPS) is 10.5. The molecule has 0 saturated heterocycles. The van der Waals surface area contributed by atoms with Gasteiger partial charge in [0.05, 0.1) is 6.61 Å². The van der Waals surface area contributed by atoms with Gasteiger partial charge in [0.2, 0.25) is 11.9 Å². The first-order chi connectivity index (χ1) is 9.24. The van der Waals surface area contributed by atoms with Gasteiger partial charge in [0, 0.05) is 40.1 Å². The molecule has 0 saturated carbocycles. The van der Waals surface area contributed by atoms with E-state index >= 15 is 0 Å². The summed E-state index contributed by atoms with van der Waals surface area (Å²) in [4.78, 5) is 14.9. The standard InChI is InChI=1S/C11H17N7O/c1-12-9-14-10(17(2)7-8-19-3)16-11(15-9)18-6-4-5-13-18/h4-6H,7-8H2,1-3H3,(H,12,14,15,16). The summed E-state index contributed by atoms with van der Waals surface area (Å²) < 4.78 is 6.64. The average molecular weight is 263 g/mol. The minimum Gasteiger partial charge on any atom is -0.383 e. The Bertz CT molecular complexity index is 514. The van der Waals surface area contributed by atoms with E-state index in [-0.39, 0.29) is 0 Å². The van der Waals surface area contributed by atoms with Crippen molar-refractivity contribution >= 4 is 11.9 Å². The third kappa shape index (κ3) is 3.16. The van der Waals surface area contributed by atoms with E-state index in [0.717, 1.165) is 0 Å². The molecule has 0 aliphatic heterocycles. The van der Waals surface area contributed by atoms with Gasteiger partial charge in [-0.05, 0) is 6.07 Å². The molecule has 0 bridgehead atoms. The number of methoxy groups -OCH3 is 1. The number of likely N-dealkylation sites (N-methyl/N-ethyl adjacent to an activating group) is 1. The van der Waals surface area contributed by atoms with Crippen molar-refractivity contribution in [2.75, 3.05) is 44.6 Å². The monoisotopic (exact) mass is 263 g/mol. The predicted octanol–water partition coefficient (Wildman–Crippen LogP) is 0.182. The summed E-state index contributed by atoms with van der Waals surface area (Å²) in [7, 11) is 5.33. The Labute approximate surface area is 111 Å². The summed E-state index contributed by atoms with van der Waals surface area (Å²) in [6.07, 6.45) is 3.46. The molecule has 0 aliphatic rings. The van der Waals surface area contributed by atoms with Gasteiger partial charge in [-0.25, -0.2) is 4.68 Å². The lowest BCUT2D eigenvalue weighted by Gasteiger charge is -2.17. The van der Waals surface area contributed by atoms with Gasteiger partial charge >= 0.3 is 0 Å². The average Bonchev–Trinajstić information content (AvgIpc) is 2.98. The Morgan fingerprint density at radius 3 is 2.84 bits per heavy atom. The van der Waals surface area contributed by atoms with Crippen LogP contribution in [-0.2, 0) is 4.74 Å². The van der Waals surface area contributed by atoms with Crippen molar-refractivity contribution in [1.82, 2.24) is 24.7 Å². The third-order valence-electron chi connectivity index (χ3n) is 2.52. The number of rotatable bonds is 6. The number of nitrogens with one attached hydrogen (secondary N) is 1. The maximum atomic E-state index is 5.05. The van der Waals surface area contributed by atoms with Crippen molar-refractivity contribution in [3.63, 3.8) is 0 Å². The highest BCUT2D eigenvalue weighted by Gasteiger charge is 2.11. The molecule has 2 heterocycles. The van der Waals surface area contributed by atoms with Crippen LogP contribution >= 0.6 is 0 Å². The van der Waals surface area contributed by atoms with Crippen LogP contribution in [0.15, 0.2) is 18.5 Å². The van der Waals surface area contributed by atoms with Gasteiger partial charge in [0.1, 0.15) is 0 Å². The van der Waals surface area contributed by atoms with E-state index in [2.05, 4.69) is 25.4 Å². The summed E-state index contributed by atoms with van der Waals surface area (Å²) in [6, 6.07) is 1.82. The highest BCUT2D eigenvalue weighted by molar-refractivity contribution is 5.38. The van der Waals surface area contributed by atoms with Crippen molar-refractivity contribution in [2.45, 2.75) is 0 Å². The molecule has 0 atom stereocenters. The van der Waals surface area contributed by atoms with E-state index in [1.54, 1.807) is 31.2 Å². The van der Waals surface area contributed by atoms with E-state index < -0.39 is 0 Å². The summed E-state index contributed by atoms with van der Waals surface area (Å²) in [6.45, 7) is 1.30. The summed E-state index contributed by atoms with van der Waals surface area (Å²) in [5.41, 5.74) is 0. The number of nitrogens with zero attached hydrogens (tertiary/aromatic N) is 6.